The van der Waals surface area contributed by atoms with Crippen molar-refractivity contribution >= 4 is 34.5 Å². The second-order valence-corrected chi connectivity index (χ2v) is 12.1. The Morgan fingerprint density at radius 1 is 1.14 bits per heavy atom. The van der Waals surface area contributed by atoms with Gasteiger partial charge in [-0.2, -0.15) is 5.10 Å². The van der Waals surface area contributed by atoms with Crippen LogP contribution in [0.2, 0.25) is 0 Å². The van der Waals surface area contributed by atoms with Gasteiger partial charge in [-0.3, -0.25) is 19.9 Å². The van der Waals surface area contributed by atoms with E-state index in [1.807, 2.05) is 46.3 Å². The molecule has 2 amide bonds. The standard InChI is InChI=1S/C32H40N8O3/c1-20-15-23-16-27(34-20)25-18-33-39(4)31(25)43-14-6-7-22(21-9-10-21)19-40-28-17-24(35-29(41)8-5-13-38(2)3)11-12-26(28)36-32(40)37-30(23)42/h11-12,15-18,21-22H,5-10,13-14,19H2,1-4H3,(H,35,41)(H,36,37,42)/t22-/m1/s1. The van der Waals surface area contributed by atoms with Crippen molar-refractivity contribution in [3.05, 3.63) is 47.8 Å². The van der Waals surface area contributed by atoms with Gasteiger partial charge in [0.25, 0.3) is 5.91 Å². The Balaban J connectivity index is 1.36. The molecule has 226 valence electrons. The van der Waals surface area contributed by atoms with Gasteiger partial charge in [-0.05, 0) is 102 Å². The number of nitrogens with zero attached hydrogens (tertiary/aromatic N) is 6. The largest absolute Gasteiger partial charge is 0.477 e. The monoisotopic (exact) mass is 584 g/mol. The second kappa shape index (κ2) is 12.2. The number of imidazole rings is 1. The molecule has 1 aliphatic heterocycles. The zero-order valence-electron chi connectivity index (χ0n) is 25.4. The molecule has 1 atom stereocenters. The van der Waals surface area contributed by atoms with Crippen LogP contribution in [0.15, 0.2) is 36.5 Å². The molecule has 0 spiro atoms. The summed E-state index contributed by atoms with van der Waals surface area (Å²) in [5.41, 5.74) is 4.98. The van der Waals surface area contributed by atoms with Crippen LogP contribution in [0.1, 0.15) is 54.6 Å². The van der Waals surface area contributed by atoms with Crippen LogP contribution in [0.4, 0.5) is 11.6 Å². The highest BCUT2D eigenvalue weighted by molar-refractivity contribution is 6.05. The van der Waals surface area contributed by atoms with Crippen molar-refractivity contribution in [2.45, 2.75) is 52.0 Å². The van der Waals surface area contributed by atoms with Gasteiger partial charge < -0.3 is 19.5 Å². The molecule has 0 radical (unpaired) electrons. The number of aryl methyl sites for hydroxylation is 2. The molecule has 4 heterocycles. The van der Waals surface area contributed by atoms with E-state index in [1.54, 1.807) is 23.0 Å². The van der Waals surface area contributed by atoms with Crippen LogP contribution in [0, 0.1) is 18.8 Å². The Morgan fingerprint density at radius 2 is 1.98 bits per heavy atom. The molecule has 11 heteroatoms. The van der Waals surface area contributed by atoms with Gasteiger partial charge in [0, 0.05) is 37.0 Å². The van der Waals surface area contributed by atoms with Crippen molar-refractivity contribution in [3.8, 4) is 17.1 Å². The predicted octanol–water partition coefficient (Wildman–Crippen LogP) is 4.87. The molecule has 43 heavy (non-hydrogen) atoms. The van der Waals surface area contributed by atoms with Crippen LogP contribution in [0.3, 0.4) is 0 Å². The van der Waals surface area contributed by atoms with E-state index >= 15 is 0 Å². The zero-order valence-corrected chi connectivity index (χ0v) is 25.4. The highest BCUT2D eigenvalue weighted by Crippen LogP contribution is 2.41. The van der Waals surface area contributed by atoms with Gasteiger partial charge in [0.1, 0.15) is 0 Å². The molecule has 0 saturated heterocycles. The van der Waals surface area contributed by atoms with E-state index in [1.165, 1.54) is 12.8 Å². The van der Waals surface area contributed by atoms with Crippen LogP contribution >= 0.6 is 0 Å². The molecule has 3 aromatic heterocycles. The molecular weight excluding hydrogens is 544 g/mol. The van der Waals surface area contributed by atoms with E-state index in [9.17, 15) is 9.59 Å². The fourth-order valence-electron chi connectivity index (χ4n) is 5.94. The number of aromatic nitrogens is 5. The first-order chi connectivity index (χ1) is 20.7. The van der Waals surface area contributed by atoms with Gasteiger partial charge in [-0.25, -0.2) is 9.67 Å². The van der Waals surface area contributed by atoms with Crippen molar-refractivity contribution in [1.82, 2.24) is 29.2 Å². The Hall–Kier alpha value is -4.25. The molecule has 6 rings (SSSR count). The summed E-state index contributed by atoms with van der Waals surface area (Å²) in [6, 6.07) is 9.31. The van der Waals surface area contributed by atoms with Crippen molar-refractivity contribution in [2.24, 2.45) is 18.9 Å². The number of ether oxygens (including phenoxy) is 1. The Morgan fingerprint density at radius 3 is 2.77 bits per heavy atom. The number of pyridine rings is 1. The molecule has 0 unspecified atom stereocenters. The fourth-order valence-corrected chi connectivity index (χ4v) is 5.94. The van der Waals surface area contributed by atoms with Crippen LogP contribution in [-0.2, 0) is 18.4 Å². The van der Waals surface area contributed by atoms with Crippen molar-refractivity contribution in [3.63, 3.8) is 0 Å². The van der Waals surface area contributed by atoms with E-state index in [0.29, 0.717) is 54.5 Å². The first-order valence-electron chi connectivity index (χ1n) is 15.1. The minimum Gasteiger partial charge on any atom is -0.477 e. The highest BCUT2D eigenvalue weighted by Gasteiger charge is 2.32. The summed E-state index contributed by atoms with van der Waals surface area (Å²) >= 11 is 0. The van der Waals surface area contributed by atoms with Crippen molar-refractivity contribution in [1.29, 1.82) is 0 Å². The van der Waals surface area contributed by atoms with E-state index < -0.39 is 0 Å². The molecule has 1 aliphatic carbocycles. The summed E-state index contributed by atoms with van der Waals surface area (Å²) in [6.07, 6.45) is 7.27. The smallest absolute Gasteiger partial charge is 0.258 e. The van der Waals surface area contributed by atoms with Crippen LogP contribution in [0.25, 0.3) is 22.3 Å². The Bertz CT molecular complexity index is 1650. The maximum Gasteiger partial charge on any atom is 0.258 e. The quantitative estimate of drug-likeness (QED) is 0.332. The van der Waals surface area contributed by atoms with Gasteiger partial charge in [0.15, 0.2) is 0 Å². The minimum atomic E-state index is -0.262. The van der Waals surface area contributed by atoms with E-state index in [-0.39, 0.29) is 11.8 Å². The van der Waals surface area contributed by atoms with Crippen LogP contribution in [-0.4, -0.2) is 68.3 Å². The number of benzene rings is 1. The van der Waals surface area contributed by atoms with Gasteiger partial charge in [0.2, 0.25) is 17.7 Å². The fraction of sp³-hybridized carbons (Fsp3) is 0.469. The lowest BCUT2D eigenvalue weighted by molar-refractivity contribution is -0.116. The third-order valence-corrected chi connectivity index (χ3v) is 8.31. The number of rotatable bonds is 6. The normalized spacial score (nSPS) is 17.4. The molecule has 2 bridgehead atoms. The van der Waals surface area contributed by atoms with E-state index in [4.69, 9.17) is 14.7 Å². The van der Waals surface area contributed by atoms with Crippen LogP contribution < -0.4 is 15.4 Å². The summed E-state index contributed by atoms with van der Waals surface area (Å²) in [4.78, 5) is 38.0. The average Bonchev–Trinajstić information content (AvgIpc) is 3.67. The van der Waals surface area contributed by atoms with Gasteiger partial charge in [-0.1, -0.05) is 0 Å². The third kappa shape index (κ3) is 6.56. The lowest BCUT2D eigenvalue weighted by Gasteiger charge is -2.20. The minimum absolute atomic E-state index is 0.0118. The van der Waals surface area contributed by atoms with Gasteiger partial charge >= 0.3 is 0 Å². The first-order valence-corrected chi connectivity index (χ1v) is 15.1. The first kappa shape index (κ1) is 28.9. The maximum atomic E-state index is 13.7. The number of hydrogen-bond donors (Lipinski definition) is 2. The topological polar surface area (TPSA) is 119 Å². The lowest BCUT2D eigenvalue weighted by Crippen LogP contribution is -2.20. The van der Waals surface area contributed by atoms with E-state index in [0.717, 1.165) is 53.8 Å². The molecule has 2 aliphatic rings. The maximum absolute atomic E-state index is 13.7. The molecular formula is C32H40N8O3. The third-order valence-electron chi connectivity index (χ3n) is 8.31. The van der Waals surface area contributed by atoms with Crippen LogP contribution in [0.5, 0.6) is 5.88 Å². The SMILES string of the molecule is Cc1cc2cc(n1)-c1cnn(C)c1OCCC[C@@H](C1CC1)Cn1c(nc3ccc(NC(=O)CCCN(C)C)cc31)NC2=O. The summed E-state index contributed by atoms with van der Waals surface area (Å²) < 4.78 is 10.1. The number of carbonyl (C=O) groups excluding carboxylic acids is 2. The van der Waals surface area contributed by atoms with Gasteiger partial charge in [-0.15, -0.1) is 0 Å². The summed E-state index contributed by atoms with van der Waals surface area (Å²) in [5.74, 6) is 1.92. The predicted molar refractivity (Wildman–Crippen MR) is 166 cm³/mol. The Kier molecular flexibility index (Phi) is 8.16. The van der Waals surface area contributed by atoms with Crippen molar-refractivity contribution < 1.29 is 14.3 Å². The van der Waals surface area contributed by atoms with Crippen molar-refractivity contribution in [2.75, 3.05) is 37.9 Å². The molecule has 2 N–H and O–H groups in total. The number of anilines is 2. The number of hydrogen-bond acceptors (Lipinski definition) is 7. The zero-order chi connectivity index (χ0) is 30.1. The van der Waals surface area contributed by atoms with E-state index in [2.05, 4.69) is 25.2 Å². The number of nitrogens with one attached hydrogen (secondary N) is 2. The average molecular weight is 585 g/mol. The molecule has 4 aromatic rings. The summed E-state index contributed by atoms with van der Waals surface area (Å²) in [5, 5.41) is 10.6. The van der Waals surface area contributed by atoms with Gasteiger partial charge in [0.05, 0.1) is 35.1 Å². The second-order valence-electron chi connectivity index (χ2n) is 12.1. The molecule has 1 saturated carbocycles. The summed E-state index contributed by atoms with van der Waals surface area (Å²) in [6.45, 7) is 4.01. The summed E-state index contributed by atoms with van der Waals surface area (Å²) in [7, 11) is 5.86. The Labute approximate surface area is 251 Å². The number of amides is 2. The molecule has 1 aromatic carbocycles. The lowest BCUT2D eigenvalue weighted by atomic mass is 9.97. The molecule has 11 nitrogen and oxygen atoms in total. The molecule has 1 fully saturated rings. The number of carbonyl (C=O) groups is 2. The number of fused-ring (bicyclic) bond motifs is 7. The highest BCUT2D eigenvalue weighted by atomic mass is 16.5.